The molecule has 172 valence electrons. The standard InChI is InChI=1S/C23H26N6O3S/c1-27(2)8-3-9-28-10-7-18-17(21(28)30)14-24-22-25-23(26-29(18)22)33-15-16-5-6-19-20(13-16)32-12-4-11-31-19/h5-7,10,13-14H,3-4,8-9,11-12,15H2,1-2H3. The molecular formula is C23H26N6O3S. The van der Waals surface area contributed by atoms with Gasteiger partial charge in [0.1, 0.15) is 0 Å². The molecule has 0 fully saturated rings. The van der Waals surface area contributed by atoms with Gasteiger partial charge in [-0.1, -0.05) is 17.8 Å². The highest BCUT2D eigenvalue weighted by molar-refractivity contribution is 7.98. The summed E-state index contributed by atoms with van der Waals surface area (Å²) in [6, 6.07) is 7.90. The number of ether oxygens (including phenoxy) is 2. The average molecular weight is 467 g/mol. The number of nitrogens with zero attached hydrogens (tertiary/aromatic N) is 6. The summed E-state index contributed by atoms with van der Waals surface area (Å²) in [6.07, 6.45) is 5.21. The van der Waals surface area contributed by atoms with E-state index in [9.17, 15) is 4.79 Å². The molecule has 0 N–H and O–H groups in total. The molecule has 9 nitrogen and oxygen atoms in total. The summed E-state index contributed by atoms with van der Waals surface area (Å²) in [7, 11) is 4.05. The van der Waals surface area contributed by atoms with E-state index in [2.05, 4.69) is 20.0 Å². The van der Waals surface area contributed by atoms with Gasteiger partial charge in [-0.25, -0.2) is 4.98 Å². The number of aromatic nitrogens is 5. The summed E-state index contributed by atoms with van der Waals surface area (Å²) in [6.45, 7) is 2.93. The maximum atomic E-state index is 12.9. The van der Waals surface area contributed by atoms with Crippen LogP contribution in [0.4, 0.5) is 0 Å². The van der Waals surface area contributed by atoms with Crippen LogP contribution in [0, 0.1) is 0 Å². The number of thioether (sulfide) groups is 1. The Kier molecular flexibility index (Phi) is 6.19. The van der Waals surface area contributed by atoms with Gasteiger partial charge in [0.05, 0.1) is 24.1 Å². The molecular weight excluding hydrogens is 440 g/mol. The summed E-state index contributed by atoms with van der Waals surface area (Å²) in [5, 5.41) is 5.76. The first-order valence-electron chi connectivity index (χ1n) is 11.0. The quantitative estimate of drug-likeness (QED) is 0.384. The molecule has 1 aliphatic heterocycles. The molecule has 0 saturated heterocycles. The molecule has 4 heterocycles. The van der Waals surface area contributed by atoms with Gasteiger partial charge < -0.3 is 18.9 Å². The topological polar surface area (TPSA) is 86.8 Å². The fraction of sp³-hybridized carbons (Fsp3) is 0.391. The van der Waals surface area contributed by atoms with Crippen molar-refractivity contribution < 1.29 is 9.47 Å². The van der Waals surface area contributed by atoms with E-state index in [1.807, 2.05) is 44.6 Å². The lowest BCUT2D eigenvalue weighted by Crippen LogP contribution is -2.23. The molecule has 0 aliphatic carbocycles. The summed E-state index contributed by atoms with van der Waals surface area (Å²) >= 11 is 1.52. The first-order chi connectivity index (χ1) is 16.1. The molecule has 33 heavy (non-hydrogen) atoms. The van der Waals surface area contributed by atoms with Crippen molar-refractivity contribution in [1.29, 1.82) is 0 Å². The van der Waals surface area contributed by atoms with Gasteiger partial charge in [0.2, 0.25) is 5.16 Å². The van der Waals surface area contributed by atoms with E-state index < -0.39 is 0 Å². The van der Waals surface area contributed by atoms with Gasteiger partial charge in [0.25, 0.3) is 11.3 Å². The van der Waals surface area contributed by atoms with Crippen LogP contribution in [0.15, 0.2) is 46.6 Å². The van der Waals surface area contributed by atoms with Crippen molar-refractivity contribution in [3.05, 3.63) is 52.6 Å². The minimum absolute atomic E-state index is 0.0578. The zero-order valence-corrected chi connectivity index (χ0v) is 19.5. The second-order valence-corrected chi connectivity index (χ2v) is 9.20. The smallest absolute Gasteiger partial charge is 0.261 e. The Labute approximate surface area is 195 Å². The van der Waals surface area contributed by atoms with Crippen molar-refractivity contribution >= 4 is 28.4 Å². The second-order valence-electron chi connectivity index (χ2n) is 8.25. The summed E-state index contributed by atoms with van der Waals surface area (Å²) in [5.41, 5.74) is 1.75. The average Bonchev–Trinajstić information content (AvgIpc) is 3.09. The third-order valence-corrected chi connectivity index (χ3v) is 6.38. The molecule has 10 heteroatoms. The van der Waals surface area contributed by atoms with Crippen LogP contribution in [0.1, 0.15) is 18.4 Å². The normalized spacial score (nSPS) is 13.7. The van der Waals surface area contributed by atoms with Crippen molar-refractivity contribution in [1.82, 2.24) is 29.0 Å². The van der Waals surface area contributed by atoms with Gasteiger partial charge in [-0.2, -0.15) is 9.50 Å². The van der Waals surface area contributed by atoms with Crippen molar-refractivity contribution in [2.24, 2.45) is 0 Å². The van der Waals surface area contributed by atoms with Gasteiger partial charge in [-0.3, -0.25) is 4.79 Å². The molecule has 0 radical (unpaired) electrons. The number of rotatable bonds is 7. The molecule has 1 aliphatic rings. The Morgan fingerprint density at radius 2 is 2.00 bits per heavy atom. The second kappa shape index (κ2) is 9.40. The molecule has 0 bridgehead atoms. The van der Waals surface area contributed by atoms with Crippen LogP contribution in [0.3, 0.4) is 0 Å². The van der Waals surface area contributed by atoms with Crippen LogP contribution < -0.4 is 15.0 Å². The monoisotopic (exact) mass is 466 g/mol. The highest BCUT2D eigenvalue weighted by atomic mass is 32.2. The molecule has 3 aromatic heterocycles. The molecule has 5 rings (SSSR count). The fourth-order valence-corrected chi connectivity index (χ4v) is 4.54. The first kappa shape index (κ1) is 21.7. The van der Waals surface area contributed by atoms with Crippen LogP contribution >= 0.6 is 11.8 Å². The SMILES string of the molecule is CN(C)CCCn1ccc2c(cnc3nc(SCc4ccc5c(c4)OCCCO5)nn32)c1=O. The minimum atomic E-state index is -0.0578. The highest BCUT2D eigenvalue weighted by Crippen LogP contribution is 2.32. The number of hydrogen-bond donors (Lipinski definition) is 0. The largest absolute Gasteiger partial charge is 0.490 e. The van der Waals surface area contributed by atoms with Gasteiger partial charge in [-0.05, 0) is 50.8 Å². The van der Waals surface area contributed by atoms with Gasteiger partial charge in [0.15, 0.2) is 11.5 Å². The number of benzene rings is 1. The molecule has 0 amide bonds. The molecule has 1 aromatic carbocycles. The van der Waals surface area contributed by atoms with E-state index in [4.69, 9.17) is 9.47 Å². The van der Waals surface area contributed by atoms with Gasteiger partial charge in [0, 0.05) is 31.1 Å². The van der Waals surface area contributed by atoms with Crippen LogP contribution in [0.2, 0.25) is 0 Å². The number of pyridine rings is 1. The van der Waals surface area contributed by atoms with Crippen LogP contribution in [-0.4, -0.2) is 62.9 Å². The molecule has 0 unspecified atom stereocenters. The lowest BCUT2D eigenvalue weighted by molar-refractivity contribution is 0.297. The number of fused-ring (bicyclic) bond motifs is 4. The van der Waals surface area contributed by atoms with Crippen molar-refractivity contribution in [2.75, 3.05) is 33.9 Å². The molecule has 0 atom stereocenters. The van der Waals surface area contributed by atoms with Crippen molar-refractivity contribution in [3.63, 3.8) is 0 Å². The fourth-order valence-electron chi connectivity index (χ4n) is 3.78. The van der Waals surface area contributed by atoms with E-state index in [1.54, 1.807) is 15.3 Å². The van der Waals surface area contributed by atoms with E-state index >= 15 is 0 Å². The van der Waals surface area contributed by atoms with Gasteiger partial charge >= 0.3 is 0 Å². The first-order valence-corrected chi connectivity index (χ1v) is 12.0. The van der Waals surface area contributed by atoms with Crippen LogP contribution in [0.25, 0.3) is 16.7 Å². The molecule has 0 saturated carbocycles. The maximum Gasteiger partial charge on any atom is 0.261 e. The summed E-state index contributed by atoms with van der Waals surface area (Å²) < 4.78 is 14.9. The molecule has 0 spiro atoms. The highest BCUT2D eigenvalue weighted by Gasteiger charge is 2.14. The minimum Gasteiger partial charge on any atom is -0.490 e. The third kappa shape index (κ3) is 4.67. The van der Waals surface area contributed by atoms with E-state index in [0.29, 0.717) is 47.3 Å². The third-order valence-electron chi connectivity index (χ3n) is 5.47. The van der Waals surface area contributed by atoms with Crippen LogP contribution in [-0.2, 0) is 12.3 Å². The number of aryl methyl sites for hydroxylation is 1. The zero-order chi connectivity index (χ0) is 22.8. The lowest BCUT2D eigenvalue weighted by Gasteiger charge is -2.11. The Morgan fingerprint density at radius 3 is 2.85 bits per heavy atom. The maximum absolute atomic E-state index is 12.9. The predicted octanol–water partition coefficient (Wildman–Crippen LogP) is 2.84. The zero-order valence-electron chi connectivity index (χ0n) is 18.7. The Balaban J connectivity index is 1.36. The van der Waals surface area contributed by atoms with E-state index in [0.717, 1.165) is 36.4 Å². The Morgan fingerprint density at radius 1 is 1.15 bits per heavy atom. The van der Waals surface area contributed by atoms with Crippen molar-refractivity contribution in [2.45, 2.75) is 30.3 Å². The van der Waals surface area contributed by atoms with E-state index in [1.165, 1.54) is 11.8 Å². The number of hydrogen-bond acceptors (Lipinski definition) is 8. The summed E-state index contributed by atoms with van der Waals surface area (Å²) in [4.78, 5) is 24.0. The lowest BCUT2D eigenvalue weighted by atomic mass is 10.2. The molecule has 4 aromatic rings. The van der Waals surface area contributed by atoms with Crippen molar-refractivity contribution in [3.8, 4) is 11.5 Å². The Hall–Kier alpha value is -3.11. The van der Waals surface area contributed by atoms with E-state index in [-0.39, 0.29) is 5.56 Å². The Bertz CT molecular complexity index is 1350. The van der Waals surface area contributed by atoms with Crippen LogP contribution in [0.5, 0.6) is 11.5 Å². The predicted molar refractivity (Wildman–Crippen MR) is 127 cm³/mol. The van der Waals surface area contributed by atoms with Gasteiger partial charge in [-0.15, -0.1) is 5.10 Å². The summed E-state index contributed by atoms with van der Waals surface area (Å²) in [5.74, 6) is 2.73.